The van der Waals surface area contributed by atoms with Crippen molar-refractivity contribution in [3.05, 3.63) is 77.7 Å². The van der Waals surface area contributed by atoms with Gasteiger partial charge in [0.2, 0.25) is 5.88 Å². The van der Waals surface area contributed by atoms with Crippen LogP contribution in [0.25, 0.3) is 0 Å². The van der Waals surface area contributed by atoms with E-state index in [1.54, 1.807) is 0 Å². The SMILES string of the molecule is NC(=O)c1ccccc1Nc1cc(Oc2ccccc2F)ncc1C(F)(F)F. The molecule has 0 radical (unpaired) electrons. The maximum atomic E-state index is 13.7. The van der Waals surface area contributed by atoms with Gasteiger partial charge < -0.3 is 15.8 Å². The minimum atomic E-state index is -4.73. The number of hydrogen-bond acceptors (Lipinski definition) is 4. The number of carbonyl (C=O) groups excluding carboxylic acids is 1. The molecule has 5 nitrogen and oxygen atoms in total. The molecule has 3 aromatic rings. The Bertz CT molecular complexity index is 1020. The Balaban J connectivity index is 2.03. The van der Waals surface area contributed by atoms with Gasteiger partial charge in [0.1, 0.15) is 0 Å². The van der Waals surface area contributed by atoms with E-state index in [-0.39, 0.29) is 22.9 Å². The molecule has 9 heteroatoms. The topological polar surface area (TPSA) is 77.2 Å². The molecule has 0 spiro atoms. The zero-order valence-corrected chi connectivity index (χ0v) is 14.1. The van der Waals surface area contributed by atoms with E-state index < -0.39 is 29.2 Å². The number of nitrogens with one attached hydrogen (secondary N) is 1. The maximum absolute atomic E-state index is 13.7. The maximum Gasteiger partial charge on any atom is 0.419 e. The number of nitrogens with two attached hydrogens (primary N) is 1. The highest BCUT2D eigenvalue weighted by atomic mass is 19.4. The standard InChI is InChI=1S/C19H13F4N3O2/c20-13-6-2-4-8-16(13)28-17-9-15(12(10-25-17)19(21,22)23)26-14-7-3-1-5-11(14)18(24)27/h1-10H,(H2,24,27)(H,25,26). The summed E-state index contributed by atoms with van der Waals surface area (Å²) < 4.78 is 59.1. The molecule has 0 bridgehead atoms. The van der Waals surface area contributed by atoms with Gasteiger partial charge in [-0.05, 0) is 24.3 Å². The fraction of sp³-hybridized carbons (Fsp3) is 0.0526. The molecule has 28 heavy (non-hydrogen) atoms. The molecule has 0 saturated carbocycles. The summed E-state index contributed by atoms with van der Waals surface area (Å²) in [6, 6.07) is 12.2. The molecular weight excluding hydrogens is 378 g/mol. The summed E-state index contributed by atoms with van der Waals surface area (Å²) in [6.45, 7) is 0. The normalized spacial score (nSPS) is 11.1. The van der Waals surface area contributed by atoms with Gasteiger partial charge in [0.05, 0.1) is 22.5 Å². The van der Waals surface area contributed by atoms with Gasteiger partial charge in [-0.2, -0.15) is 13.2 Å². The lowest BCUT2D eigenvalue weighted by Gasteiger charge is -2.17. The van der Waals surface area contributed by atoms with Crippen molar-refractivity contribution in [2.45, 2.75) is 6.18 Å². The molecule has 1 aromatic heterocycles. The number of rotatable bonds is 5. The smallest absolute Gasteiger partial charge is 0.419 e. The molecule has 2 aromatic carbocycles. The number of primary amides is 1. The van der Waals surface area contributed by atoms with Crippen LogP contribution in [-0.4, -0.2) is 10.9 Å². The number of pyridine rings is 1. The van der Waals surface area contributed by atoms with Crippen molar-refractivity contribution in [2.75, 3.05) is 5.32 Å². The van der Waals surface area contributed by atoms with Crippen molar-refractivity contribution in [1.82, 2.24) is 4.98 Å². The molecule has 0 saturated heterocycles. The highest BCUT2D eigenvalue weighted by Gasteiger charge is 2.34. The van der Waals surface area contributed by atoms with E-state index in [1.165, 1.54) is 42.5 Å². The average Bonchev–Trinajstić information content (AvgIpc) is 2.63. The molecule has 3 rings (SSSR count). The minimum Gasteiger partial charge on any atom is -0.436 e. The second kappa shape index (κ2) is 7.55. The predicted molar refractivity (Wildman–Crippen MR) is 94.0 cm³/mol. The minimum absolute atomic E-state index is 0.00371. The van der Waals surface area contributed by atoms with Gasteiger partial charge in [-0.15, -0.1) is 0 Å². The second-order valence-corrected chi connectivity index (χ2v) is 5.63. The quantitative estimate of drug-likeness (QED) is 0.608. The van der Waals surface area contributed by atoms with Crippen LogP contribution >= 0.6 is 0 Å². The van der Waals surface area contributed by atoms with Crippen LogP contribution in [0.15, 0.2) is 60.8 Å². The molecular formula is C19H13F4N3O2. The lowest BCUT2D eigenvalue weighted by Crippen LogP contribution is -2.15. The first-order valence-corrected chi connectivity index (χ1v) is 7.91. The summed E-state index contributed by atoms with van der Waals surface area (Å²) in [4.78, 5) is 15.1. The van der Waals surface area contributed by atoms with Crippen molar-refractivity contribution in [3.63, 3.8) is 0 Å². The Hall–Kier alpha value is -3.62. The molecule has 0 atom stereocenters. The van der Waals surface area contributed by atoms with Crippen LogP contribution in [0.5, 0.6) is 11.6 Å². The van der Waals surface area contributed by atoms with Crippen molar-refractivity contribution in [3.8, 4) is 11.6 Å². The van der Waals surface area contributed by atoms with Gasteiger partial charge in [0.15, 0.2) is 11.6 Å². The summed E-state index contributed by atoms with van der Waals surface area (Å²) in [5.74, 6) is -1.97. The van der Waals surface area contributed by atoms with E-state index in [1.807, 2.05) is 0 Å². The largest absolute Gasteiger partial charge is 0.436 e. The summed E-state index contributed by atoms with van der Waals surface area (Å²) >= 11 is 0. The number of nitrogens with zero attached hydrogens (tertiary/aromatic N) is 1. The lowest BCUT2D eigenvalue weighted by atomic mass is 10.1. The van der Waals surface area contributed by atoms with Crippen LogP contribution in [-0.2, 0) is 6.18 Å². The third-order valence-corrected chi connectivity index (χ3v) is 3.70. The van der Waals surface area contributed by atoms with E-state index in [0.717, 1.165) is 12.1 Å². The Morgan fingerprint density at radius 2 is 1.71 bits per heavy atom. The molecule has 0 fully saturated rings. The van der Waals surface area contributed by atoms with Crippen molar-refractivity contribution >= 4 is 17.3 Å². The van der Waals surface area contributed by atoms with Gasteiger partial charge in [-0.1, -0.05) is 24.3 Å². The number of aromatic nitrogens is 1. The number of amides is 1. The monoisotopic (exact) mass is 391 g/mol. The number of hydrogen-bond donors (Lipinski definition) is 2. The lowest BCUT2D eigenvalue weighted by molar-refractivity contribution is -0.137. The van der Waals surface area contributed by atoms with E-state index in [0.29, 0.717) is 6.20 Å². The number of halogens is 4. The van der Waals surface area contributed by atoms with Crippen LogP contribution in [0.1, 0.15) is 15.9 Å². The number of anilines is 2. The molecule has 0 aliphatic heterocycles. The summed E-state index contributed by atoms with van der Waals surface area (Å²) in [6.07, 6.45) is -4.17. The second-order valence-electron chi connectivity index (χ2n) is 5.63. The highest BCUT2D eigenvalue weighted by molar-refractivity contribution is 5.99. The average molecular weight is 391 g/mol. The third kappa shape index (κ3) is 4.20. The van der Waals surface area contributed by atoms with E-state index in [4.69, 9.17) is 10.5 Å². The molecule has 0 unspecified atom stereocenters. The molecule has 1 heterocycles. The Kier molecular flexibility index (Phi) is 5.16. The van der Waals surface area contributed by atoms with Crippen molar-refractivity contribution < 1.29 is 27.1 Å². The number of carbonyl (C=O) groups is 1. The van der Waals surface area contributed by atoms with Gasteiger partial charge in [0, 0.05) is 12.3 Å². The first-order chi connectivity index (χ1) is 13.3. The number of ether oxygens (including phenoxy) is 1. The molecule has 144 valence electrons. The summed E-state index contributed by atoms with van der Waals surface area (Å²) in [5, 5.41) is 2.54. The van der Waals surface area contributed by atoms with Gasteiger partial charge in [0.25, 0.3) is 5.91 Å². The van der Waals surface area contributed by atoms with Crippen LogP contribution < -0.4 is 15.8 Å². The van der Waals surface area contributed by atoms with Gasteiger partial charge >= 0.3 is 6.18 Å². The first-order valence-electron chi connectivity index (χ1n) is 7.91. The van der Waals surface area contributed by atoms with Crippen molar-refractivity contribution in [1.29, 1.82) is 0 Å². The van der Waals surface area contributed by atoms with Crippen molar-refractivity contribution in [2.24, 2.45) is 5.73 Å². The zero-order chi connectivity index (χ0) is 20.3. The van der Waals surface area contributed by atoms with Crippen LogP contribution in [0.3, 0.4) is 0 Å². The molecule has 1 amide bonds. The van der Waals surface area contributed by atoms with E-state index in [2.05, 4.69) is 10.3 Å². The zero-order valence-electron chi connectivity index (χ0n) is 14.1. The molecule has 3 N–H and O–H groups in total. The van der Waals surface area contributed by atoms with Crippen LogP contribution in [0, 0.1) is 5.82 Å². The van der Waals surface area contributed by atoms with E-state index >= 15 is 0 Å². The summed E-state index contributed by atoms with van der Waals surface area (Å²) in [5.41, 5.74) is 3.82. The van der Waals surface area contributed by atoms with Gasteiger partial charge in [-0.3, -0.25) is 4.79 Å². The fourth-order valence-corrected chi connectivity index (χ4v) is 2.41. The van der Waals surface area contributed by atoms with Gasteiger partial charge in [-0.25, -0.2) is 9.37 Å². The summed E-state index contributed by atoms with van der Waals surface area (Å²) in [7, 11) is 0. The fourth-order valence-electron chi connectivity index (χ4n) is 2.41. The third-order valence-electron chi connectivity index (χ3n) is 3.70. The van der Waals surface area contributed by atoms with Crippen LogP contribution in [0.4, 0.5) is 28.9 Å². The predicted octanol–water partition coefficient (Wildman–Crippen LogP) is 4.87. The number of benzene rings is 2. The van der Waals surface area contributed by atoms with E-state index in [9.17, 15) is 22.4 Å². The molecule has 0 aliphatic rings. The first kappa shape index (κ1) is 19.2. The highest BCUT2D eigenvalue weighted by Crippen LogP contribution is 2.38. The Morgan fingerprint density at radius 1 is 1.04 bits per heavy atom. The number of alkyl halides is 3. The molecule has 0 aliphatic carbocycles. The number of para-hydroxylation sites is 2. The van der Waals surface area contributed by atoms with Crippen LogP contribution in [0.2, 0.25) is 0 Å². The Morgan fingerprint density at radius 3 is 2.39 bits per heavy atom. The Labute approximate surface area is 156 Å².